The van der Waals surface area contributed by atoms with Gasteiger partial charge in [0, 0.05) is 35.8 Å². The van der Waals surface area contributed by atoms with Crippen molar-refractivity contribution in [2.45, 2.75) is 6.04 Å². The van der Waals surface area contributed by atoms with Crippen molar-refractivity contribution in [3.8, 4) is 0 Å². The van der Waals surface area contributed by atoms with Gasteiger partial charge in [-0.25, -0.2) is 9.18 Å². The van der Waals surface area contributed by atoms with E-state index in [9.17, 15) is 23.6 Å². The molecule has 164 valence electrons. The molecule has 4 rings (SSSR count). The number of aromatic nitrogens is 1. The summed E-state index contributed by atoms with van der Waals surface area (Å²) in [6.07, 6.45) is 1.29. The first-order valence-electron chi connectivity index (χ1n) is 9.95. The molecule has 2 heterocycles. The first kappa shape index (κ1) is 21.2. The Labute approximate surface area is 182 Å². The minimum Gasteiger partial charge on any atom is -0.467 e. The molecule has 1 aromatic heterocycles. The maximum atomic E-state index is 14.3. The lowest BCUT2D eigenvalue weighted by atomic mass is 10.1. The van der Waals surface area contributed by atoms with E-state index in [1.165, 1.54) is 35.2 Å². The van der Waals surface area contributed by atoms with Crippen molar-refractivity contribution in [3.63, 3.8) is 0 Å². The first-order chi connectivity index (χ1) is 15.4. The fourth-order valence-electron chi connectivity index (χ4n) is 3.87. The van der Waals surface area contributed by atoms with E-state index < -0.39 is 29.5 Å². The number of halogens is 1. The van der Waals surface area contributed by atoms with Gasteiger partial charge in [0.25, 0.3) is 17.6 Å². The molecule has 1 atom stereocenters. The monoisotopic (exact) mass is 437 g/mol. The zero-order valence-corrected chi connectivity index (χ0v) is 17.2. The van der Waals surface area contributed by atoms with Crippen molar-refractivity contribution in [2.24, 2.45) is 0 Å². The molecule has 3 aromatic rings. The number of aromatic amines is 1. The number of methoxy groups -OCH3 is 1. The highest BCUT2D eigenvalue weighted by Crippen LogP contribution is 2.23. The second-order valence-electron chi connectivity index (χ2n) is 7.35. The lowest BCUT2D eigenvalue weighted by molar-refractivity contribution is -0.149. The fourth-order valence-corrected chi connectivity index (χ4v) is 3.87. The quantitative estimate of drug-likeness (QED) is 0.382. The van der Waals surface area contributed by atoms with Gasteiger partial charge in [0.15, 0.2) is 0 Å². The zero-order chi connectivity index (χ0) is 22.8. The molecule has 32 heavy (non-hydrogen) atoms. The standard InChI is InChI=1S/C23H20FN3O5/c1-32-23(31)18-13-26(10-11-27(18)21(29)14-6-3-2-4-7-14)22(30)20(28)15-12-25-17-9-5-8-16(24)19(15)17/h2-9,12,18,25H,10-11,13H2,1H3/t18-/m1/s1. The Hall–Kier alpha value is -4.01. The third kappa shape index (κ3) is 3.73. The number of H-pyrrole nitrogens is 1. The molecule has 0 aliphatic carbocycles. The van der Waals surface area contributed by atoms with Crippen LogP contribution in [0.25, 0.3) is 10.9 Å². The Bertz CT molecular complexity index is 1210. The van der Waals surface area contributed by atoms with Crippen LogP contribution >= 0.6 is 0 Å². The minimum atomic E-state index is -1.07. The summed E-state index contributed by atoms with van der Waals surface area (Å²) >= 11 is 0. The predicted octanol–water partition coefficient (Wildman–Crippen LogP) is 2.02. The van der Waals surface area contributed by atoms with E-state index in [0.717, 1.165) is 0 Å². The molecule has 0 saturated carbocycles. The van der Waals surface area contributed by atoms with Crippen molar-refractivity contribution >= 4 is 34.5 Å². The topological polar surface area (TPSA) is 99.8 Å². The molecule has 1 N–H and O–H groups in total. The Morgan fingerprint density at radius 3 is 2.50 bits per heavy atom. The highest BCUT2D eigenvalue weighted by atomic mass is 19.1. The minimum absolute atomic E-state index is 0.0354. The van der Waals surface area contributed by atoms with Crippen LogP contribution in [0.1, 0.15) is 20.7 Å². The molecule has 0 spiro atoms. The molecule has 1 aliphatic rings. The fraction of sp³-hybridized carbons (Fsp3) is 0.217. The van der Waals surface area contributed by atoms with E-state index >= 15 is 0 Å². The number of Topliss-reactive ketones (excluding diaryl/α,β-unsaturated/α-hetero) is 1. The zero-order valence-electron chi connectivity index (χ0n) is 17.2. The second kappa shape index (κ2) is 8.62. The van der Waals surface area contributed by atoms with Gasteiger partial charge in [-0.15, -0.1) is 0 Å². The number of hydrogen-bond acceptors (Lipinski definition) is 5. The van der Waals surface area contributed by atoms with Gasteiger partial charge in [-0.1, -0.05) is 24.3 Å². The van der Waals surface area contributed by atoms with Crippen molar-refractivity contribution in [2.75, 3.05) is 26.7 Å². The average molecular weight is 437 g/mol. The van der Waals surface area contributed by atoms with Gasteiger partial charge >= 0.3 is 5.97 Å². The molecule has 1 fully saturated rings. The summed E-state index contributed by atoms with van der Waals surface area (Å²) in [7, 11) is 1.19. The summed E-state index contributed by atoms with van der Waals surface area (Å²) in [5, 5.41) is 0.0354. The number of amides is 2. The van der Waals surface area contributed by atoms with Crippen molar-refractivity contribution in [1.82, 2.24) is 14.8 Å². The van der Waals surface area contributed by atoms with Crippen LogP contribution in [0, 0.1) is 5.82 Å². The van der Waals surface area contributed by atoms with E-state index in [1.54, 1.807) is 36.4 Å². The summed E-state index contributed by atoms with van der Waals surface area (Å²) in [6.45, 7) is -0.128. The van der Waals surface area contributed by atoms with Crippen LogP contribution in [0.3, 0.4) is 0 Å². The van der Waals surface area contributed by atoms with E-state index in [0.29, 0.717) is 11.1 Å². The van der Waals surface area contributed by atoms with Crippen LogP contribution in [-0.2, 0) is 14.3 Å². The highest BCUT2D eigenvalue weighted by Gasteiger charge is 2.39. The van der Waals surface area contributed by atoms with E-state index in [1.807, 2.05) is 0 Å². The van der Waals surface area contributed by atoms with Gasteiger partial charge in [0.1, 0.15) is 11.9 Å². The Kier molecular flexibility index (Phi) is 5.72. The molecule has 2 aromatic carbocycles. The number of fused-ring (bicyclic) bond motifs is 1. The van der Waals surface area contributed by atoms with Crippen molar-refractivity contribution in [3.05, 3.63) is 71.7 Å². The number of ether oxygens (including phenoxy) is 1. The number of piperazine rings is 1. The SMILES string of the molecule is COC(=O)[C@H]1CN(C(=O)C(=O)c2c[nH]c3cccc(F)c23)CCN1C(=O)c1ccccc1. The largest absolute Gasteiger partial charge is 0.467 e. The number of carbonyl (C=O) groups excluding carboxylic acids is 4. The van der Waals surface area contributed by atoms with Crippen LogP contribution < -0.4 is 0 Å². The lowest BCUT2D eigenvalue weighted by Crippen LogP contribution is -2.60. The number of benzene rings is 2. The van der Waals surface area contributed by atoms with E-state index in [-0.39, 0.29) is 36.5 Å². The summed E-state index contributed by atoms with van der Waals surface area (Å²) in [5.74, 6) is -3.47. The molecule has 2 amide bonds. The maximum Gasteiger partial charge on any atom is 0.330 e. The highest BCUT2D eigenvalue weighted by molar-refractivity contribution is 6.45. The van der Waals surface area contributed by atoms with Crippen molar-refractivity contribution in [1.29, 1.82) is 0 Å². The molecule has 0 bridgehead atoms. The van der Waals surface area contributed by atoms with Crippen LogP contribution in [0.15, 0.2) is 54.7 Å². The van der Waals surface area contributed by atoms with Crippen LogP contribution in [0.5, 0.6) is 0 Å². The normalized spacial score (nSPS) is 16.1. The van der Waals surface area contributed by atoms with Gasteiger partial charge in [0.2, 0.25) is 0 Å². The molecule has 1 saturated heterocycles. The number of esters is 1. The summed E-state index contributed by atoms with van der Waals surface area (Å²) < 4.78 is 19.1. The maximum absolute atomic E-state index is 14.3. The average Bonchev–Trinajstić information content (AvgIpc) is 3.28. The van der Waals surface area contributed by atoms with Gasteiger partial charge in [-0.05, 0) is 24.3 Å². The number of nitrogens with zero attached hydrogens (tertiary/aromatic N) is 2. The van der Waals surface area contributed by atoms with Gasteiger partial charge in [0.05, 0.1) is 19.2 Å². The Morgan fingerprint density at radius 2 is 1.78 bits per heavy atom. The Morgan fingerprint density at radius 1 is 1.03 bits per heavy atom. The summed E-state index contributed by atoms with van der Waals surface area (Å²) in [5.41, 5.74) is 0.707. The second-order valence-corrected chi connectivity index (χ2v) is 7.35. The molecule has 0 radical (unpaired) electrons. The molecule has 8 nitrogen and oxygen atoms in total. The third-order valence-electron chi connectivity index (χ3n) is 5.52. The van der Waals surface area contributed by atoms with Gasteiger partial charge in [-0.2, -0.15) is 0 Å². The molecule has 0 unspecified atom stereocenters. The molecular formula is C23H20FN3O5. The number of ketones is 1. The number of carbonyl (C=O) groups is 4. The van der Waals surface area contributed by atoms with Crippen LogP contribution in [-0.4, -0.2) is 71.1 Å². The predicted molar refractivity (Wildman–Crippen MR) is 112 cm³/mol. The van der Waals surface area contributed by atoms with Gasteiger partial charge < -0.3 is 19.5 Å². The van der Waals surface area contributed by atoms with E-state index in [2.05, 4.69) is 4.98 Å². The van der Waals surface area contributed by atoms with Gasteiger partial charge in [-0.3, -0.25) is 14.4 Å². The van der Waals surface area contributed by atoms with Crippen LogP contribution in [0.4, 0.5) is 4.39 Å². The number of hydrogen-bond donors (Lipinski definition) is 1. The molecule has 1 aliphatic heterocycles. The Balaban J connectivity index is 1.57. The number of nitrogens with one attached hydrogen (secondary N) is 1. The lowest BCUT2D eigenvalue weighted by Gasteiger charge is -2.39. The smallest absolute Gasteiger partial charge is 0.330 e. The summed E-state index contributed by atoms with van der Waals surface area (Å²) in [4.78, 5) is 56.5. The third-order valence-corrected chi connectivity index (χ3v) is 5.52. The summed E-state index contributed by atoms with van der Waals surface area (Å²) in [6, 6.07) is 11.7. The molecular weight excluding hydrogens is 417 g/mol. The number of rotatable bonds is 4. The van der Waals surface area contributed by atoms with E-state index in [4.69, 9.17) is 4.74 Å². The first-order valence-corrected chi connectivity index (χ1v) is 9.95. The van der Waals surface area contributed by atoms with Crippen LogP contribution in [0.2, 0.25) is 0 Å². The molecule has 9 heteroatoms. The van der Waals surface area contributed by atoms with Crippen molar-refractivity contribution < 1.29 is 28.3 Å².